The summed E-state index contributed by atoms with van der Waals surface area (Å²) in [5.41, 5.74) is 7.05. The van der Waals surface area contributed by atoms with E-state index in [0.717, 1.165) is 5.56 Å². The van der Waals surface area contributed by atoms with E-state index in [4.69, 9.17) is 15.9 Å². The number of anilines is 1. The maximum absolute atomic E-state index is 11.6. The van der Waals surface area contributed by atoms with Crippen molar-refractivity contribution in [3.63, 3.8) is 0 Å². The van der Waals surface area contributed by atoms with E-state index in [0.29, 0.717) is 5.69 Å². The van der Waals surface area contributed by atoms with Crippen molar-refractivity contribution in [2.45, 2.75) is 13.0 Å². The first-order valence-corrected chi connectivity index (χ1v) is 4.97. The van der Waals surface area contributed by atoms with E-state index in [-0.39, 0.29) is 12.1 Å². The van der Waals surface area contributed by atoms with Crippen LogP contribution in [0, 0.1) is 6.92 Å². The van der Waals surface area contributed by atoms with Crippen molar-refractivity contribution in [2.24, 2.45) is 0 Å². The molecular weight excluding hydrogens is 224 g/mol. The van der Waals surface area contributed by atoms with Crippen molar-refractivity contribution < 1.29 is 19.8 Å². The van der Waals surface area contributed by atoms with Gasteiger partial charge in [0, 0.05) is 5.69 Å². The van der Waals surface area contributed by atoms with Crippen molar-refractivity contribution in [1.82, 2.24) is 5.32 Å². The molecule has 0 heterocycles. The Morgan fingerprint density at radius 1 is 1.47 bits per heavy atom. The maximum Gasteiger partial charge on any atom is 0.334 e. The van der Waals surface area contributed by atoms with Gasteiger partial charge in [0.25, 0.3) is 5.91 Å². The number of amides is 1. The lowest BCUT2D eigenvalue weighted by Crippen LogP contribution is -2.36. The largest absolute Gasteiger partial charge is 0.479 e. The normalized spacial score (nSPS) is 11.9. The van der Waals surface area contributed by atoms with Crippen molar-refractivity contribution in [2.75, 3.05) is 12.3 Å². The van der Waals surface area contributed by atoms with Gasteiger partial charge >= 0.3 is 5.97 Å². The zero-order valence-electron chi connectivity index (χ0n) is 9.30. The number of benzene rings is 1. The Labute approximate surface area is 98.1 Å². The number of rotatable bonds is 4. The second-order valence-electron chi connectivity index (χ2n) is 3.65. The molecule has 0 fully saturated rings. The number of carboxylic acid groups (broad SMARTS) is 1. The number of hydrogen-bond donors (Lipinski definition) is 4. The smallest absolute Gasteiger partial charge is 0.334 e. The Hall–Kier alpha value is -2.08. The highest BCUT2D eigenvalue weighted by Gasteiger charge is 2.16. The molecule has 1 amide bonds. The van der Waals surface area contributed by atoms with Gasteiger partial charge in [-0.3, -0.25) is 4.79 Å². The topological polar surface area (TPSA) is 113 Å². The van der Waals surface area contributed by atoms with E-state index in [1.807, 2.05) is 6.92 Å². The Morgan fingerprint density at radius 3 is 2.71 bits per heavy atom. The number of carbonyl (C=O) groups is 2. The molecule has 17 heavy (non-hydrogen) atoms. The minimum Gasteiger partial charge on any atom is -0.479 e. The molecule has 1 aromatic rings. The van der Waals surface area contributed by atoms with Gasteiger partial charge in [0.05, 0.1) is 12.1 Å². The first kappa shape index (κ1) is 13.0. The molecule has 92 valence electrons. The average molecular weight is 238 g/mol. The summed E-state index contributed by atoms with van der Waals surface area (Å²) in [5, 5.41) is 19.7. The van der Waals surface area contributed by atoms with Crippen LogP contribution in [0.1, 0.15) is 15.9 Å². The van der Waals surface area contributed by atoms with Gasteiger partial charge in [-0.25, -0.2) is 4.79 Å². The Bertz CT molecular complexity index is 445. The van der Waals surface area contributed by atoms with E-state index in [1.54, 1.807) is 18.2 Å². The van der Waals surface area contributed by atoms with Gasteiger partial charge in [-0.15, -0.1) is 0 Å². The number of aliphatic hydroxyl groups is 1. The minimum absolute atomic E-state index is 0.266. The molecule has 0 saturated heterocycles. The third-order valence-corrected chi connectivity index (χ3v) is 2.19. The summed E-state index contributed by atoms with van der Waals surface area (Å²) < 4.78 is 0. The summed E-state index contributed by atoms with van der Waals surface area (Å²) in [6.45, 7) is 1.45. The highest BCUT2D eigenvalue weighted by Crippen LogP contribution is 2.13. The Kier molecular flexibility index (Phi) is 4.06. The number of carbonyl (C=O) groups excluding carboxylic acids is 1. The zero-order valence-corrected chi connectivity index (χ0v) is 9.30. The maximum atomic E-state index is 11.6. The lowest BCUT2D eigenvalue weighted by molar-refractivity contribution is -0.146. The molecule has 1 rings (SSSR count). The summed E-state index contributed by atoms with van der Waals surface area (Å²) in [6.07, 6.45) is -1.62. The third-order valence-electron chi connectivity index (χ3n) is 2.19. The first-order chi connectivity index (χ1) is 7.91. The van der Waals surface area contributed by atoms with Crippen LogP contribution in [0.4, 0.5) is 5.69 Å². The molecular formula is C11H14N2O4. The highest BCUT2D eigenvalue weighted by molar-refractivity contribution is 5.99. The SMILES string of the molecule is Cc1ccc(N)c(C(=O)NC[C@H](O)C(=O)O)c1. The summed E-state index contributed by atoms with van der Waals surface area (Å²) >= 11 is 0. The molecule has 6 heteroatoms. The van der Waals surface area contributed by atoms with Gasteiger partial charge in [-0.05, 0) is 19.1 Å². The molecule has 0 aliphatic heterocycles. The van der Waals surface area contributed by atoms with Gasteiger partial charge in [0.2, 0.25) is 0 Å². The number of carboxylic acids is 1. The summed E-state index contributed by atoms with van der Waals surface area (Å²) in [6, 6.07) is 4.95. The van der Waals surface area contributed by atoms with E-state index < -0.39 is 18.0 Å². The summed E-state index contributed by atoms with van der Waals surface area (Å²) in [5.74, 6) is -1.89. The van der Waals surface area contributed by atoms with Gasteiger partial charge in [-0.2, -0.15) is 0 Å². The summed E-state index contributed by atoms with van der Waals surface area (Å²) in [4.78, 5) is 22.0. The minimum atomic E-state index is -1.62. The molecule has 0 saturated carbocycles. The van der Waals surface area contributed by atoms with Crippen LogP contribution >= 0.6 is 0 Å². The van der Waals surface area contributed by atoms with E-state index in [9.17, 15) is 9.59 Å². The Morgan fingerprint density at radius 2 is 2.12 bits per heavy atom. The molecule has 0 bridgehead atoms. The van der Waals surface area contributed by atoms with Crippen LogP contribution in [-0.2, 0) is 4.79 Å². The van der Waals surface area contributed by atoms with Crippen molar-refractivity contribution >= 4 is 17.6 Å². The second kappa shape index (κ2) is 5.31. The Balaban J connectivity index is 2.70. The summed E-state index contributed by atoms with van der Waals surface area (Å²) in [7, 11) is 0. The first-order valence-electron chi connectivity index (χ1n) is 4.97. The van der Waals surface area contributed by atoms with Crippen molar-refractivity contribution in [1.29, 1.82) is 0 Å². The molecule has 1 aromatic carbocycles. The second-order valence-corrected chi connectivity index (χ2v) is 3.65. The van der Waals surface area contributed by atoms with Gasteiger partial charge < -0.3 is 21.3 Å². The molecule has 0 aliphatic rings. The van der Waals surface area contributed by atoms with Gasteiger partial charge in [0.1, 0.15) is 0 Å². The van der Waals surface area contributed by atoms with Gasteiger partial charge in [0.15, 0.2) is 6.10 Å². The fraction of sp³-hybridized carbons (Fsp3) is 0.273. The predicted molar refractivity (Wildman–Crippen MR) is 61.6 cm³/mol. The van der Waals surface area contributed by atoms with Crippen molar-refractivity contribution in [3.05, 3.63) is 29.3 Å². The third kappa shape index (κ3) is 3.46. The fourth-order valence-corrected chi connectivity index (χ4v) is 1.24. The lowest BCUT2D eigenvalue weighted by Gasteiger charge is -2.09. The molecule has 1 atom stereocenters. The standard InChI is InChI=1S/C11H14N2O4/c1-6-2-3-8(12)7(4-6)10(15)13-5-9(14)11(16)17/h2-4,9,14H,5,12H2,1H3,(H,13,15)(H,16,17)/t9-/m0/s1. The van der Waals surface area contributed by atoms with Crippen molar-refractivity contribution in [3.8, 4) is 0 Å². The van der Waals surface area contributed by atoms with E-state index in [2.05, 4.69) is 5.32 Å². The number of nitrogen functional groups attached to an aromatic ring is 1. The zero-order chi connectivity index (χ0) is 13.0. The molecule has 5 N–H and O–H groups in total. The molecule has 0 radical (unpaired) electrons. The molecule has 0 unspecified atom stereocenters. The average Bonchev–Trinajstić information content (AvgIpc) is 2.28. The van der Waals surface area contributed by atoms with Crippen LogP contribution < -0.4 is 11.1 Å². The van der Waals surface area contributed by atoms with Crippen LogP contribution in [0.5, 0.6) is 0 Å². The monoisotopic (exact) mass is 238 g/mol. The predicted octanol–water partition coefficient (Wildman–Crippen LogP) is -0.247. The molecule has 0 spiro atoms. The fourth-order valence-electron chi connectivity index (χ4n) is 1.24. The van der Waals surface area contributed by atoms with Crippen LogP contribution in [0.25, 0.3) is 0 Å². The van der Waals surface area contributed by atoms with E-state index in [1.165, 1.54) is 0 Å². The van der Waals surface area contributed by atoms with Crippen LogP contribution in [0.3, 0.4) is 0 Å². The van der Waals surface area contributed by atoms with Crippen LogP contribution in [0.15, 0.2) is 18.2 Å². The number of hydrogen-bond acceptors (Lipinski definition) is 4. The number of aliphatic hydroxyl groups excluding tert-OH is 1. The quantitative estimate of drug-likeness (QED) is 0.540. The van der Waals surface area contributed by atoms with Crippen LogP contribution in [0.2, 0.25) is 0 Å². The number of aliphatic carboxylic acids is 1. The molecule has 6 nitrogen and oxygen atoms in total. The van der Waals surface area contributed by atoms with Gasteiger partial charge in [-0.1, -0.05) is 11.6 Å². The molecule has 0 aliphatic carbocycles. The highest BCUT2D eigenvalue weighted by atomic mass is 16.4. The number of nitrogens with one attached hydrogen (secondary N) is 1. The lowest BCUT2D eigenvalue weighted by atomic mass is 10.1. The molecule has 0 aromatic heterocycles. The number of aryl methyl sites for hydroxylation is 1. The number of nitrogens with two attached hydrogens (primary N) is 1. The van der Waals surface area contributed by atoms with E-state index >= 15 is 0 Å². The van der Waals surface area contributed by atoms with Crippen LogP contribution in [-0.4, -0.2) is 34.7 Å².